The van der Waals surface area contributed by atoms with Gasteiger partial charge in [0.15, 0.2) is 0 Å². The van der Waals surface area contributed by atoms with Gasteiger partial charge in [-0.3, -0.25) is 4.68 Å². The maximum atomic E-state index is 5.90. The van der Waals surface area contributed by atoms with Crippen LogP contribution in [0, 0.1) is 5.92 Å². The summed E-state index contributed by atoms with van der Waals surface area (Å²) in [5.74, 6) is 2.26. The molecular formula is C15H22N4O. The fraction of sp³-hybridized carbons (Fsp3) is 0.467. The molecule has 5 heteroatoms. The van der Waals surface area contributed by atoms with E-state index in [0.29, 0.717) is 12.5 Å². The predicted octanol–water partition coefficient (Wildman–Crippen LogP) is 1.67. The number of methoxy groups -OCH3 is 1. The van der Waals surface area contributed by atoms with Crippen LogP contribution in [0.25, 0.3) is 0 Å². The van der Waals surface area contributed by atoms with E-state index in [1.807, 2.05) is 16.8 Å². The van der Waals surface area contributed by atoms with Gasteiger partial charge < -0.3 is 10.5 Å². The molecule has 0 radical (unpaired) electrons. The highest BCUT2D eigenvalue weighted by molar-refractivity contribution is 5.27. The summed E-state index contributed by atoms with van der Waals surface area (Å²) < 4.78 is 7.10. The quantitative estimate of drug-likeness (QED) is 0.834. The number of hydrogen-bond donors (Lipinski definition) is 1. The largest absolute Gasteiger partial charge is 0.497 e. The molecular weight excluding hydrogens is 252 g/mol. The first-order chi connectivity index (χ1) is 9.76. The van der Waals surface area contributed by atoms with E-state index in [2.05, 4.69) is 29.1 Å². The van der Waals surface area contributed by atoms with E-state index in [4.69, 9.17) is 10.5 Å². The lowest BCUT2D eigenvalue weighted by molar-refractivity contribution is 0.414. The number of aryl methyl sites for hydroxylation is 1. The monoisotopic (exact) mass is 274 g/mol. The lowest BCUT2D eigenvalue weighted by Crippen LogP contribution is -2.21. The first-order valence-electron chi connectivity index (χ1n) is 6.96. The molecule has 0 amide bonds. The average molecular weight is 274 g/mol. The van der Waals surface area contributed by atoms with Crippen LogP contribution < -0.4 is 10.5 Å². The Kier molecular flexibility index (Phi) is 5.12. The molecule has 0 spiro atoms. The van der Waals surface area contributed by atoms with Crippen LogP contribution in [0.5, 0.6) is 5.75 Å². The number of benzene rings is 1. The van der Waals surface area contributed by atoms with Crippen molar-refractivity contribution >= 4 is 0 Å². The number of nitrogens with zero attached hydrogens (tertiary/aromatic N) is 3. The van der Waals surface area contributed by atoms with Gasteiger partial charge in [-0.2, -0.15) is 5.10 Å². The third-order valence-corrected chi connectivity index (χ3v) is 3.48. The SMILES string of the molecule is CCn1ncnc1CC(CN)Cc1ccc(OC)cc1. The number of hydrogen-bond acceptors (Lipinski definition) is 4. The molecule has 0 aliphatic carbocycles. The van der Waals surface area contributed by atoms with Crippen LogP contribution >= 0.6 is 0 Å². The van der Waals surface area contributed by atoms with Crippen molar-refractivity contribution in [2.75, 3.05) is 13.7 Å². The summed E-state index contributed by atoms with van der Waals surface area (Å²) in [5.41, 5.74) is 7.17. The van der Waals surface area contributed by atoms with Crippen LogP contribution in [-0.4, -0.2) is 28.4 Å². The molecule has 1 aromatic heterocycles. The van der Waals surface area contributed by atoms with Crippen LogP contribution in [-0.2, 0) is 19.4 Å². The normalized spacial score (nSPS) is 12.3. The van der Waals surface area contributed by atoms with Crippen molar-refractivity contribution in [1.29, 1.82) is 0 Å². The van der Waals surface area contributed by atoms with Crippen molar-refractivity contribution in [1.82, 2.24) is 14.8 Å². The standard InChI is InChI=1S/C15H22N4O/c1-3-19-15(17-11-18-19)9-13(10-16)8-12-4-6-14(20-2)7-5-12/h4-7,11,13H,3,8-10,16H2,1-2H3. The fourth-order valence-corrected chi connectivity index (χ4v) is 2.30. The van der Waals surface area contributed by atoms with Gasteiger partial charge in [-0.1, -0.05) is 12.1 Å². The molecule has 0 bridgehead atoms. The van der Waals surface area contributed by atoms with E-state index in [9.17, 15) is 0 Å². The number of ether oxygens (including phenoxy) is 1. The summed E-state index contributed by atoms with van der Waals surface area (Å²) in [7, 11) is 1.68. The van der Waals surface area contributed by atoms with E-state index < -0.39 is 0 Å². The molecule has 0 saturated carbocycles. The molecule has 108 valence electrons. The molecule has 1 aromatic carbocycles. The number of rotatable bonds is 7. The molecule has 2 N–H and O–H groups in total. The summed E-state index contributed by atoms with van der Waals surface area (Å²) in [6.07, 6.45) is 3.41. The van der Waals surface area contributed by atoms with Gasteiger partial charge in [-0.05, 0) is 43.5 Å². The van der Waals surface area contributed by atoms with E-state index >= 15 is 0 Å². The lowest BCUT2D eigenvalue weighted by atomic mass is 9.96. The Labute approximate surface area is 119 Å². The van der Waals surface area contributed by atoms with Gasteiger partial charge in [0.1, 0.15) is 17.9 Å². The van der Waals surface area contributed by atoms with Crippen molar-refractivity contribution in [3.8, 4) is 5.75 Å². The Balaban J connectivity index is 2.01. The second-order valence-electron chi connectivity index (χ2n) is 4.85. The van der Waals surface area contributed by atoms with Crippen molar-refractivity contribution in [2.24, 2.45) is 11.7 Å². The summed E-state index contributed by atoms with van der Waals surface area (Å²) in [6, 6.07) is 8.15. The third-order valence-electron chi connectivity index (χ3n) is 3.48. The van der Waals surface area contributed by atoms with Crippen LogP contribution in [0.15, 0.2) is 30.6 Å². The third kappa shape index (κ3) is 3.57. The van der Waals surface area contributed by atoms with Crippen LogP contribution in [0.3, 0.4) is 0 Å². The van der Waals surface area contributed by atoms with Crippen molar-refractivity contribution < 1.29 is 4.74 Å². The average Bonchev–Trinajstić information content (AvgIpc) is 2.94. The molecule has 0 fully saturated rings. The van der Waals surface area contributed by atoms with E-state index in [0.717, 1.165) is 31.0 Å². The Morgan fingerprint density at radius 3 is 2.60 bits per heavy atom. The highest BCUT2D eigenvalue weighted by Crippen LogP contribution is 2.16. The Hall–Kier alpha value is -1.88. The van der Waals surface area contributed by atoms with Gasteiger partial charge in [-0.25, -0.2) is 4.98 Å². The Bertz CT molecular complexity index is 521. The first-order valence-corrected chi connectivity index (χ1v) is 6.96. The molecule has 0 aliphatic heterocycles. The van der Waals surface area contributed by atoms with E-state index in [-0.39, 0.29) is 0 Å². The smallest absolute Gasteiger partial charge is 0.138 e. The van der Waals surface area contributed by atoms with Crippen molar-refractivity contribution in [3.05, 3.63) is 42.0 Å². The zero-order valence-electron chi connectivity index (χ0n) is 12.1. The molecule has 1 heterocycles. The van der Waals surface area contributed by atoms with E-state index in [1.165, 1.54) is 5.56 Å². The lowest BCUT2D eigenvalue weighted by Gasteiger charge is -2.15. The maximum absolute atomic E-state index is 5.90. The maximum Gasteiger partial charge on any atom is 0.138 e. The van der Waals surface area contributed by atoms with Crippen LogP contribution in [0.4, 0.5) is 0 Å². The highest BCUT2D eigenvalue weighted by Gasteiger charge is 2.13. The summed E-state index contributed by atoms with van der Waals surface area (Å²) in [6.45, 7) is 3.55. The predicted molar refractivity (Wildman–Crippen MR) is 78.6 cm³/mol. The van der Waals surface area contributed by atoms with Crippen LogP contribution in [0.2, 0.25) is 0 Å². The minimum absolute atomic E-state index is 0.373. The first kappa shape index (κ1) is 14.5. The minimum atomic E-state index is 0.373. The van der Waals surface area contributed by atoms with Gasteiger partial charge in [0.2, 0.25) is 0 Å². The van der Waals surface area contributed by atoms with Gasteiger partial charge in [0.05, 0.1) is 7.11 Å². The van der Waals surface area contributed by atoms with Crippen LogP contribution in [0.1, 0.15) is 18.3 Å². The molecule has 1 atom stereocenters. The fourth-order valence-electron chi connectivity index (χ4n) is 2.30. The number of aromatic nitrogens is 3. The second kappa shape index (κ2) is 7.05. The minimum Gasteiger partial charge on any atom is -0.497 e. The topological polar surface area (TPSA) is 66.0 Å². The molecule has 5 nitrogen and oxygen atoms in total. The molecule has 2 rings (SSSR count). The zero-order valence-corrected chi connectivity index (χ0v) is 12.1. The molecule has 1 unspecified atom stereocenters. The summed E-state index contributed by atoms with van der Waals surface area (Å²) >= 11 is 0. The molecule has 0 saturated heterocycles. The van der Waals surface area contributed by atoms with Gasteiger partial charge >= 0.3 is 0 Å². The molecule has 20 heavy (non-hydrogen) atoms. The molecule has 0 aliphatic rings. The summed E-state index contributed by atoms with van der Waals surface area (Å²) in [5, 5.41) is 4.20. The highest BCUT2D eigenvalue weighted by atomic mass is 16.5. The summed E-state index contributed by atoms with van der Waals surface area (Å²) in [4.78, 5) is 4.32. The Morgan fingerprint density at radius 1 is 1.25 bits per heavy atom. The second-order valence-corrected chi connectivity index (χ2v) is 4.85. The number of nitrogens with two attached hydrogens (primary N) is 1. The van der Waals surface area contributed by atoms with Crippen molar-refractivity contribution in [3.63, 3.8) is 0 Å². The van der Waals surface area contributed by atoms with Gasteiger partial charge in [0.25, 0.3) is 0 Å². The van der Waals surface area contributed by atoms with E-state index in [1.54, 1.807) is 13.4 Å². The Morgan fingerprint density at radius 2 is 2.00 bits per heavy atom. The van der Waals surface area contributed by atoms with Gasteiger partial charge in [-0.15, -0.1) is 0 Å². The zero-order chi connectivity index (χ0) is 14.4. The van der Waals surface area contributed by atoms with Crippen molar-refractivity contribution in [2.45, 2.75) is 26.3 Å². The van der Waals surface area contributed by atoms with Gasteiger partial charge in [0, 0.05) is 13.0 Å². The molecule has 2 aromatic rings.